The van der Waals surface area contributed by atoms with Gasteiger partial charge in [0.25, 0.3) is 0 Å². The number of aromatic hydroxyl groups is 1. The molecule has 0 aliphatic heterocycles. The molecule has 0 amide bonds. The minimum Gasteiger partial charge on any atom is -0.508 e. The Balaban J connectivity index is 3.13. The number of hydrogen-bond acceptors (Lipinski definition) is 2. The van der Waals surface area contributed by atoms with Gasteiger partial charge in [0.2, 0.25) is 0 Å². The van der Waals surface area contributed by atoms with Crippen LogP contribution in [-0.4, -0.2) is 10.9 Å². The SMILES string of the molecule is CC(=O)Cc1c(F)cc(O)cc1Cl. The van der Waals surface area contributed by atoms with Gasteiger partial charge in [-0.1, -0.05) is 11.6 Å². The average molecular weight is 203 g/mol. The van der Waals surface area contributed by atoms with E-state index in [1.807, 2.05) is 0 Å². The second kappa shape index (κ2) is 3.75. The number of benzene rings is 1. The zero-order chi connectivity index (χ0) is 10.0. The van der Waals surface area contributed by atoms with Crippen molar-refractivity contribution in [3.05, 3.63) is 28.5 Å². The number of ketones is 1. The molecule has 0 fully saturated rings. The Bertz CT molecular complexity index is 326. The molecule has 1 rings (SSSR count). The van der Waals surface area contributed by atoms with Crippen molar-refractivity contribution in [2.45, 2.75) is 13.3 Å². The van der Waals surface area contributed by atoms with Crippen molar-refractivity contribution in [1.29, 1.82) is 0 Å². The van der Waals surface area contributed by atoms with Gasteiger partial charge in [0.05, 0.1) is 5.02 Å². The molecule has 1 aromatic rings. The molecule has 2 nitrogen and oxygen atoms in total. The van der Waals surface area contributed by atoms with Gasteiger partial charge < -0.3 is 5.11 Å². The number of phenolic OH excluding ortho intramolecular Hbond substituents is 1. The summed E-state index contributed by atoms with van der Waals surface area (Å²) in [6, 6.07) is 2.15. The fourth-order valence-electron chi connectivity index (χ4n) is 1.01. The summed E-state index contributed by atoms with van der Waals surface area (Å²) in [6.45, 7) is 1.35. The number of hydrogen-bond donors (Lipinski definition) is 1. The first-order valence-corrected chi connectivity index (χ1v) is 4.05. The number of rotatable bonds is 2. The number of carbonyl (C=O) groups excluding carboxylic acids is 1. The van der Waals surface area contributed by atoms with Crippen LogP contribution in [0.4, 0.5) is 4.39 Å². The Morgan fingerprint density at radius 3 is 2.69 bits per heavy atom. The third-order valence-electron chi connectivity index (χ3n) is 1.55. The molecule has 13 heavy (non-hydrogen) atoms. The highest BCUT2D eigenvalue weighted by molar-refractivity contribution is 6.31. The zero-order valence-corrected chi connectivity index (χ0v) is 7.73. The van der Waals surface area contributed by atoms with Crippen LogP contribution in [0.15, 0.2) is 12.1 Å². The quantitative estimate of drug-likeness (QED) is 0.799. The molecular weight excluding hydrogens is 195 g/mol. The maximum atomic E-state index is 13.1. The van der Waals surface area contributed by atoms with Gasteiger partial charge >= 0.3 is 0 Å². The Morgan fingerprint density at radius 1 is 1.62 bits per heavy atom. The van der Waals surface area contributed by atoms with Gasteiger partial charge in [-0.15, -0.1) is 0 Å². The summed E-state index contributed by atoms with van der Waals surface area (Å²) in [5, 5.41) is 9.02. The fourth-order valence-corrected chi connectivity index (χ4v) is 1.28. The lowest BCUT2D eigenvalue weighted by Gasteiger charge is -2.03. The van der Waals surface area contributed by atoms with Crippen LogP contribution in [0.2, 0.25) is 5.02 Å². The molecule has 70 valence electrons. The van der Waals surface area contributed by atoms with Crippen LogP contribution in [-0.2, 0) is 11.2 Å². The summed E-state index contributed by atoms with van der Waals surface area (Å²) >= 11 is 5.63. The van der Waals surface area contributed by atoms with E-state index < -0.39 is 5.82 Å². The van der Waals surface area contributed by atoms with E-state index in [0.717, 1.165) is 6.07 Å². The van der Waals surface area contributed by atoms with Crippen LogP contribution >= 0.6 is 11.6 Å². The van der Waals surface area contributed by atoms with Crippen molar-refractivity contribution in [3.8, 4) is 5.75 Å². The van der Waals surface area contributed by atoms with E-state index >= 15 is 0 Å². The lowest BCUT2D eigenvalue weighted by atomic mass is 10.1. The summed E-state index contributed by atoms with van der Waals surface area (Å²) in [4.78, 5) is 10.7. The summed E-state index contributed by atoms with van der Waals surface area (Å²) in [6.07, 6.45) is -0.0506. The third kappa shape index (κ3) is 2.42. The van der Waals surface area contributed by atoms with Crippen LogP contribution in [0, 0.1) is 5.82 Å². The van der Waals surface area contributed by atoms with E-state index in [1.165, 1.54) is 13.0 Å². The zero-order valence-electron chi connectivity index (χ0n) is 6.97. The first-order valence-electron chi connectivity index (χ1n) is 3.67. The van der Waals surface area contributed by atoms with Gasteiger partial charge in [-0.05, 0) is 13.0 Å². The first kappa shape index (κ1) is 9.99. The normalized spacial score (nSPS) is 10.1. The second-order valence-corrected chi connectivity index (χ2v) is 3.17. The second-order valence-electron chi connectivity index (χ2n) is 2.77. The van der Waals surface area contributed by atoms with Crippen LogP contribution in [0.25, 0.3) is 0 Å². The molecular formula is C9H8ClFO2. The molecule has 0 saturated heterocycles. The van der Waals surface area contributed by atoms with E-state index in [-0.39, 0.29) is 28.5 Å². The summed E-state index contributed by atoms with van der Waals surface area (Å²) in [5.41, 5.74) is 0.131. The Morgan fingerprint density at radius 2 is 2.23 bits per heavy atom. The molecule has 4 heteroatoms. The molecule has 0 atom stereocenters. The highest BCUT2D eigenvalue weighted by Gasteiger charge is 2.10. The minimum absolute atomic E-state index is 0.0506. The van der Waals surface area contributed by atoms with E-state index in [2.05, 4.69) is 0 Å². The monoisotopic (exact) mass is 202 g/mol. The van der Waals surface area contributed by atoms with Crippen molar-refractivity contribution in [2.75, 3.05) is 0 Å². The van der Waals surface area contributed by atoms with Gasteiger partial charge in [0.15, 0.2) is 0 Å². The van der Waals surface area contributed by atoms with Crippen molar-refractivity contribution in [2.24, 2.45) is 0 Å². The highest BCUT2D eigenvalue weighted by Crippen LogP contribution is 2.25. The molecule has 0 spiro atoms. The smallest absolute Gasteiger partial charge is 0.134 e. The van der Waals surface area contributed by atoms with Crippen molar-refractivity contribution >= 4 is 17.4 Å². The predicted octanol–water partition coefficient (Wildman–Crippen LogP) is 2.32. The van der Waals surface area contributed by atoms with Crippen molar-refractivity contribution < 1.29 is 14.3 Å². The van der Waals surface area contributed by atoms with E-state index in [9.17, 15) is 9.18 Å². The summed E-state index contributed by atoms with van der Waals surface area (Å²) < 4.78 is 13.1. The molecule has 0 saturated carbocycles. The maximum Gasteiger partial charge on any atom is 0.134 e. The Labute approximate surface area is 80.0 Å². The highest BCUT2D eigenvalue weighted by atomic mass is 35.5. The molecule has 0 radical (unpaired) electrons. The molecule has 0 bridgehead atoms. The van der Waals surface area contributed by atoms with E-state index in [0.29, 0.717) is 0 Å². The predicted molar refractivity (Wildman–Crippen MR) is 47.5 cm³/mol. The van der Waals surface area contributed by atoms with Crippen LogP contribution in [0.1, 0.15) is 12.5 Å². The number of carbonyl (C=O) groups is 1. The van der Waals surface area contributed by atoms with Gasteiger partial charge in [0, 0.05) is 18.1 Å². The molecule has 0 aromatic heterocycles. The molecule has 1 aromatic carbocycles. The van der Waals surface area contributed by atoms with E-state index in [4.69, 9.17) is 16.7 Å². The fraction of sp³-hybridized carbons (Fsp3) is 0.222. The van der Waals surface area contributed by atoms with Crippen LogP contribution in [0.5, 0.6) is 5.75 Å². The molecule has 1 N–H and O–H groups in total. The molecule has 0 unspecified atom stereocenters. The summed E-state index contributed by atoms with van der Waals surface area (Å²) in [5.74, 6) is -1.07. The standard InChI is InChI=1S/C9H8ClFO2/c1-5(12)2-7-8(10)3-6(13)4-9(7)11/h3-4,13H,2H2,1H3. The third-order valence-corrected chi connectivity index (χ3v) is 1.89. The lowest BCUT2D eigenvalue weighted by Crippen LogP contribution is -2.00. The first-order chi connectivity index (χ1) is 6.00. The maximum absolute atomic E-state index is 13.1. The Kier molecular flexibility index (Phi) is 2.88. The molecule has 0 aliphatic rings. The number of phenols is 1. The largest absolute Gasteiger partial charge is 0.508 e. The number of Topliss-reactive ketones (excluding diaryl/α,β-unsaturated/α-hetero) is 1. The summed E-state index contributed by atoms with van der Waals surface area (Å²) in [7, 11) is 0. The van der Waals surface area contributed by atoms with Crippen LogP contribution in [0.3, 0.4) is 0 Å². The van der Waals surface area contributed by atoms with Gasteiger partial charge in [-0.2, -0.15) is 0 Å². The van der Waals surface area contributed by atoms with Crippen molar-refractivity contribution in [1.82, 2.24) is 0 Å². The topological polar surface area (TPSA) is 37.3 Å². The average Bonchev–Trinajstić information content (AvgIpc) is 1.96. The molecule has 0 heterocycles. The van der Waals surface area contributed by atoms with Gasteiger partial charge in [-0.25, -0.2) is 4.39 Å². The number of halogens is 2. The van der Waals surface area contributed by atoms with Gasteiger partial charge in [-0.3, -0.25) is 4.79 Å². The van der Waals surface area contributed by atoms with Crippen molar-refractivity contribution in [3.63, 3.8) is 0 Å². The van der Waals surface area contributed by atoms with Gasteiger partial charge in [0.1, 0.15) is 17.3 Å². The Hall–Kier alpha value is -1.09. The van der Waals surface area contributed by atoms with Crippen LogP contribution < -0.4 is 0 Å². The molecule has 0 aliphatic carbocycles. The lowest BCUT2D eigenvalue weighted by molar-refractivity contribution is -0.116. The van der Waals surface area contributed by atoms with E-state index in [1.54, 1.807) is 0 Å². The minimum atomic E-state index is -0.653.